The molecule has 0 fully saturated rings. The predicted molar refractivity (Wildman–Crippen MR) is 36.8 cm³/mol. The molecule has 3 heteroatoms. The molecule has 8 heavy (non-hydrogen) atoms. The summed E-state index contributed by atoms with van der Waals surface area (Å²) in [4.78, 5) is 3.87. The molecule has 1 rings (SSSR count). The molecule has 0 bridgehead atoms. The lowest BCUT2D eigenvalue weighted by molar-refractivity contribution is 1.35. The highest BCUT2D eigenvalue weighted by Gasteiger charge is 1.85. The maximum absolute atomic E-state index is 5.48. The Kier molecular flexibility index (Phi) is 1.20. The monoisotopic (exact) mass is 106 g/mol. The van der Waals surface area contributed by atoms with E-state index in [2.05, 4.69) is 4.98 Å². The van der Waals surface area contributed by atoms with E-state index in [1.807, 2.05) is 7.85 Å². The summed E-state index contributed by atoms with van der Waals surface area (Å²) in [6, 6.07) is 1.79. The molecule has 0 unspecified atom stereocenters. The molecule has 0 saturated carbocycles. The van der Waals surface area contributed by atoms with Crippen molar-refractivity contribution in [3.63, 3.8) is 0 Å². The molecular weight excluding hydrogens is 98.9 g/mol. The quantitative estimate of drug-likeness (QED) is 0.427. The van der Waals surface area contributed by atoms with E-state index in [4.69, 9.17) is 5.73 Å². The lowest BCUT2D eigenvalue weighted by Crippen LogP contribution is -2.08. The molecule has 1 aromatic rings. The van der Waals surface area contributed by atoms with Crippen molar-refractivity contribution in [2.45, 2.75) is 0 Å². The Balaban J connectivity index is 3.13. The van der Waals surface area contributed by atoms with Gasteiger partial charge in [0.2, 0.25) is 0 Å². The molecule has 40 valence electrons. The summed E-state index contributed by atoms with van der Waals surface area (Å²) in [5.41, 5.74) is 7.32. The van der Waals surface area contributed by atoms with Crippen LogP contribution in [0.15, 0.2) is 18.5 Å². The Morgan fingerprint density at radius 3 is 2.75 bits per heavy atom. The fourth-order valence-corrected chi connectivity index (χ4v) is 0.484. The molecule has 0 aromatic carbocycles. The molecule has 0 amide bonds. The number of nitrogens with zero attached hydrogens (tertiary/aromatic N) is 1. The molecule has 0 spiro atoms. The van der Waals surface area contributed by atoms with E-state index in [1.54, 1.807) is 18.5 Å². The number of nitrogens with two attached hydrogens (primary N) is 1. The highest BCUT2D eigenvalue weighted by molar-refractivity contribution is 6.35. The molecule has 1 heterocycles. The Morgan fingerprint density at radius 2 is 2.38 bits per heavy atom. The summed E-state index contributed by atoms with van der Waals surface area (Å²) in [7, 11) is 1.93. The van der Waals surface area contributed by atoms with Crippen LogP contribution < -0.4 is 11.2 Å². The van der Waals surface area contributed by atoms with E-state index in [-0.39, 0.29) is 0 Å². The maximum Gasteiger partial charge on any atom is 0.144 e. The molecule has 2 N–H and O–H groups in total. The van der Waals surface area contributed by atoms with Crippen molar-refractivity contribution in [3.05, 3.63) is 18.5 Å². The minimum absolute atomic E-state index is 0.806. The van der Waals surface area contributed by atoms with Crippen LogP contribution in [-0.2, 0) is 0 Å². The standard InChI is InChI=1S/C5H7BN2/c6-4-3-8-2-1-5(4)7/h1-3H,6H2,(H2,7,8). The molecule has 0 radical (unpaired) electrons. The highest BCUT2D eigenvalue weighted by atomic mass is 14.6. The first kappa shape index (κ1) is 5.16. The Labute approximate surface area is 49.1 Å². The van der Waals surface area contributed by atoms with Gasteiger partial charge in [0, 0.05) is 18.1 Å². The zero-order valence-corrected chi connectivity index (χ0v) is 4.76. The fraction of sp³-hybridized carbons (Fsp3) is 0. The molecule has 0 saturated heterocycles. The largest absolute Gasteiger partial charge is 0.399 e. The van der Waals surface area contributed by atoms with Gasteiger partial charge in [-0.05, 0) is 11.5 Å². The second kappa shape index (κ2) is 1.86. The Hall–Kier alpha value is -0.985. The van der Waals surface area contributed by atoms with E-state index in [0.717, 1.165) is 11.2 Å². The van der Waals surface area contributed by atoms with Crippen LogP contribution in [0.25, 0.3) is 0 Å². The number of pyridine rings is 1. The molecule has 0 aliphatic heterocycles. The first-order chi connectivity index (χ1) is 3.80. The summed E-state index contributed by atoms with van der Waals surface area (Å²) in [5, 5.41) is 0. The van der Waals surface area contributed by atoms with Crippen molar-refractivity contribution >= 4 is 19.0 Å². The number of hydrogen-bond donors (Lipinski definition) is 1. The van der Waals surface area contributed by atoms with Crippen LogP contribution in [0.1, 0.15) is 0 Å². The van der Waals surface area contributed by atoms with Gasteiger partial charge in [-0.1, -0.05) is 0 Å². The summed E-state index contributed by atoms with van der Waals surface area (Å²) >= 11 is 0. The number of aromatic nitrogens is 1. The zero-order chi connectivity index (χ0) is 5.98. The fourth-order valence-electron chi connectivity index (χ4n) is 0.484. The summed E-state index contributed by atoms with van der Waals surface area (Å²) in [6.45, 7) is 0. The van der Waals surface area contributed by atoms with E-state index >= 15 is 0 Å². The first-order valence-electron chi connectivity index (χ1n) is 2.47. The average Bonchev–Trinajstić information content (AvgIpc) is 1.77. The van der Waals surface area contributed by atoms with Gasteiger partial charge < -0.3 is 5.73 Å². The van der Waals surface area contributed by atoms with Gasteiger partial charge in [0.15, 0.2) is 0 Å². The SMILES string of the molecule is Bc1cnccc1N. The first-order valence-corrected chi connectivity index (χ1v) is 2.47. The lowest BCUT2D eigenvalue weighted by Gasteiger charge is -1.93. The second-order valence-corrected chi connectivity index (χ2v) is 1.73. The van der Waals surface area contributed by atoms with Gasteiger partial charge in [-0.3, -0.25) is 4.98 Å². The van der Waals surface area contributed by atoms with Crippen LogP contribution in [0.3, 0.4) is 0 Å². The van der Waals surface area contributed by atoms with Crippen molar-refractivity contribution in [1.82, 2.24) is 4.98 Å². The van der Waals surface area contributed by atoms with Crippen LogP contribution in [0.4, 0.5) is 5.69 Å². The normalized spacial score (nSPS) is 9.00. The smallest absolute Gasteiger partial charge is 0.144 e. The number of nitrogen functional groups attached to an aromatic ring is 1. The second-order valence-electron chi connectivity index (χ2n) is 1.73. The van der Waals surface area contributed by atoms with E-state index in [0.29, 0.717) is 0 Å². The third-order valence-electron chi connectivity index (χ3n) is 1.06. The molecular formula is C5H7BN2. The highest BCUT2D eigenvalue weighted by Crippen LogP contribution is 1.88. The minimum Gasteiger partial charge on any atom is -0.399 e. The van der Waals surface area contributed by atoms with Crippen LogP contribution in [0.5, 0.6) is 0 Å². The van der Waals surface area contributed by atoms with Crippen molar-refractivity contribution in [3.8, 4) is 0 Å². The van der Waals surface area contributed by atoms with Crippen molar-refractivity contribution in [2.75, 3.05) is 5.73 Å². The van der Waals surface area contributed by atoms with Gasteiger partial charge in [0.1, 0.15) is 7.85 Å². The topological polar surface area (TPSA) is 38.9 Å². The third-order valence-corrected chi connectivity index (χ3v) is 1.06. The predicted octanol–water partition coefficient (Wildman–Crippen LogP) is -1.08. The molecule has 1 aromatic heterocycles. The van der Waals surface area contributed by atoms with Gasteiger partial charge in [-0.15, -0.1) is 0 Å². The molecule has 2 nitrogen and oxygen atoms in total. The van der Waals surface area contributed by atoms with Gasteiger partial charge in [-0.25, -0.2) is 0 Å². The van der Waals surface area contributed by atoms with Crippen LogP contribution in [0.2, 0.25) is 0 Å². The van der Waals surface area contributed by atoms with Gasteiger partial charge >= 0.3 is 0 Å². The van der Waals surface area contributed by atoms with Gasteiger partial charge in [0.05, 0.1) is 0 Å². The van der Waals surface area contributed by atoms with E-state index in [1.165, 1.54) is 0 Å². The molecule has 0 atom stereocenters. The number of anilines is 1. The lowest BCUT2D eigenvalue weighted by atomic mass is 9.97. The summed E-state index contributed by atoms with van der Waals surface area (Å²) in [6.07, 6.45) is 3.43. The van der Waals surface area contributed by atoms with Crippen molar-refractivity contribution in [2.24, 2.45) is 0 Å². The van der Waals surface area contributed by atoms with Crippen LogP contribution in [0, 0.1) is 0 Å². The molecule has 0 aliphatic rings. The van der Waals surface area contributed by atoms with Crippen molar-refractivity contribution < 1.29 is 0 Å². The summed E-state index contributed by atoms with van der Waals surface area (Å²) < 4.78 is 0. The zero-order valence-electron chi connectivity index (χ0n) is 4.76. The van der Waals surface area contributed by atoms with Gasteiger partial charge in [-0.2, -0.15) is 0 Å². The Bertz CT molecular complexity index is 167. The van der Waals surface area contributed by atoms with Crippen molar-refractivity contribution in [1.29, 1.82) is 0 Å². The third kappa shape index (κ3) is 0.806. The summed E-state index contributed by atoms with van der Waals surface area (Å²) in [5.74, 6) is 0. The maximum atomic E-state index is 5.48. The number of hydrogen-bond acceptors (Lipinski definition) is 2. The van der Waals surface area contributed by atoms with Gasteiger partial charge in [0.25, 0.3) is 0 Å². The van der Waals surface area contributed by atoms with E-state index in [9.17, 15) is 0 Å². The Morgan fingerprint density at radius 1 is 1.62 bits per heavy atom. The molecule has 0 aliphatic carbocycles. The average molecular weight is 106 g/mol. The van der Waals surface area contributed by atoms with E-state index < -0.39 is 0 Å². The number of rotatable bonds is 0. The van der Waals surface area contributed by atoms with Crippen LogP contribution >= 0.6 is 0 Å². The van der Waals surface area contributed by atoms with Crippen LogP contribution in [-0.4, -0.2) is 12.8 Å². The minimum atomic E-state index is 0.806.